The van der Waals surface area contributed by atoms with Crippen LogP contribution >= 0.6 is 11.3 Å². The molecule has 2 amide bonds. The molecule has 0 aliphatic heterocycles. The van der Waals surface area contributed by atoms with Crippen molar-refractivity contribution in [3.05, 3.63) is 61.1 Å². The van der Waals surface area contributed by atoms with E-state index in [1.165, 1.54) is 18.4 Å². The van der Waals surface area contributed by atoms with E-state index < -0.39 is 28.8 Å². The lowest BCUT2D eigenvalue weighted by Crippen LogP contribution is -2.54. The van der Waals surface area contributed by atoms with Crippen molar-refractivity contribution in [2.24, 2.45) is 5.73 Å². The van der Waals surface area contributed by atoms with E-state index in [4.69, 9.17) is 15.2 Å². The Labute approximate surface area is 231 Å². The lowest BCUT2D eigenvalue weighted by atomic mass is 10.0. The molecule has 3 N–H and O–H groups in total. The van der Waals surface area contributed by atoms with Crippen LogP contribution in [0.2, 0.25) is 0 Å². The topological polar surface area (TPSA) is 135 Å². The van der Waals surface area contributed by atoms with Gasteiger partial charge in [0.1, 0.15) is 22.2 Å². The zero-order chi connectivity index (χ0) is 29.2. The number of benzene rings is 1. The van der Waals surface area contributed by atoms with Crippen LogP contribution in [0.3, 0.4) is 0 Å². The van der Waals surface area contributed by atoms with Gasteiger partial charge in [0.15, 0.2) is 0 Å². The zero-order valence-corrected chi connectivity index (χ0v) is 24.6. The summed E-state index contributed by atoms with van der Waals surface area (Å²) < 4.78 is 14.6. The van der Waals surface area contributed by atoms with Crippen LogP contribution in [0.5, 0.6) is 5.75 Å². The molecule has 3 rings (SSSR count). The van der Waals surface area contributed by atoms with Crippen LogP contribution in [0, 0.1) is 6.92 Å². The summed E-state index contributed by atoms with van der Waals surface area (Å²) in [6.07, 6.45) is -0.964. The molecule has 0 aliphatic rings. The number of nitrogens with one attached hydrogen (secondary N) is 1. The van der Waals surface area contributed by atoms with Gasteiger partial charge in [0, 0.05) is 12.1 Å². The minimum Gasteiger partial charge on any atom is -0.491 e. The zero-order valence-electron chi connectivity index (χ0n) is 23.8. The number of nitrogens with zero attached hydrogens (tertiary/aromatic N) is 2. The predicted molar refractivity (Wildman–Crippen MR) is 153 cm³/mol. The third kappa shape index (κ3) is 5.94. The summed E-state index contributed by atoms with van der Waals surface area (Å²) in [5.41, 5.74) is 3.77. The number of nitrogens with two attached hydrogens (primary N) is 1. The number of rotatable bonds is 11. The molecule has 2 heterocycles. The van der Waals surface area contributed by atoms with Crippen molar-refractivity contribution >= 4 is 33.4 Å². The Balaban J connectivity index is 2.39. The molecule has 1 atom stereocenters. The second-order valence-corrected chi connectivity index (χ2v) is 11.4. The molecular weight excluding hydrogens is 520 g/mol. The van der Waals surface area contributed by atoms with Crippen LogP contribution in [0.4, 0.5) is 0 Å². The molecule has 1 aromatic carbocycles. The van der Waals surface area contributed by atoms with Crippen molar-refractivity contribution < 1.29 is 19.1 Å². The molecule has 0 bridgehead atoms. The van der Waals surface area contributed by atoms with Crippen molar-refractivity contribution in [1.82, 2.24) is 14.5 Å². The fourth-order valence-electron chi connectivity index (χ4n) is 4.38. The molecule has 0 aliphatic carbocycles. The first-order valence-electron chi connectivity index (χ1n) is 13.0. The smallest absolute Gasteiger partial charge is 0.333 e. The summed E-state index contributed by atoms with van der Waals surface area (Å²) in [6, 6.07) is 7.42. The highest BCUT2D eigenvalue weighted by Crippen LogP contribution is 2.33. The largest absolute Gasteiger partial charge is 0.491 e. The monoisotopic (exact) mass is 558 g/mol. The molecule has 0 unspecified atom stereocenters. The van der Waals surface area contributed by atoms with E-state index in [0.717, 1.165) is 21.5 Å². The van der Waals surface area contributed by atoms with Gasteiger partial charge in [0.25, 0.3) is 11.5 Å². The molecule has 0 spiro atoms. The number of thiophene rings is 1. The van der Waals surface area contributed by atoms with Gasteiger partial charge < -0.3 is 20.5 Å². The number of aryl methyl sites for hydroxylation is 1. The van der Waals surface area contributed by atoms with Crippen LogP contribution in [0.1, 0.15) is 75.4 Å². The fraction of sp³-hybridized carbons (Fsp3) is 0.500. The molecule has 0 radical (unpaired) electrons. The van der Waals surface area contributed by atoms with Gasteiger partial charge in [-0.3, -0.25) is 19.0 Å². The SMILES string of the molecule is CCNC(=O)c1sc2c(c1C)c(=O)n(C(C)(C)C(N)=O)c(=O)n2C[C@H](OC(C)C)c1ccccc1OC(C)C. The van der Waals surface area contributed by atoms with Crippen molar-refractivity contribution in [1.29, 1.82) is 0 Å². The fourth-order valence-corrected chi connectivity index (χ4v) is 5.60. The van der Waals surface area contributed by atoms with Gasteiger partial charge in [-0.1, -0.05) is 18.2 Å². The van der Waals surface area contributed by atoms with Gasteiger partial charge in [-0.25, -0.2) is 9.36 Å². The number of hydrogen-bond acceptors (Lipinski definition) is 7. The lowest BCUT2D eigenvalue weighted by Gasteiger charge is -2.27. The Kier molecular flexibility index (Phi) is 9.07. The number of carbonyl (C=O) groups excluding carboxylic acids is 2. The molecule has 11 heteroatoms. The van der Waals surface area contributed by atoms with Gasteiger partial charge in [-0.05, 0) is 67.0 Å². The highest BCUT2D eigenvalue weighted by atomic mass is 32.1. The molecule has 0 fully saturated rings. The standard InChI is InChI=1S/C28H38N4O6S/c1-9-30-23(33)22-17(6)21-24(34)32(28(7,8)26(29)35)27(36)31(25(21)39-22)14-20(38-16(4)5)18-12-10-11-13-19(18)37-15(2)3/h10-13,15-16,20H,9,14H2,1-8H3,(H2,29,35)(H,30,33)/t20-/m0/s1. The summed E-state index contributed by atoms with van der Waals surface area (Å²) in [4.78, 5) is 53.7. The van der Waals surface area contributed by atoms with Gasteiger partial charge >= 0.3 is 5.69 Å². The molecule has 39 heavy (non-hydrogen) atoms. The maximum absolute atomic E-state index is 14.0. The van der Waals surface area contributed by atoms with Crippen molar-refractivity contribution in [3.63, 3.8) is 0 Å². The summed E-state index contributed by atoms with van der Waals surface area (Å²) in [5, 5.41) is 2.94. The minimum absolute atomic E-state index is 0.00407. The van der Waals surface area contributed by atoms with E-state index in [1.807, 2.05) is 52.0 Å². The molecule has 0 saturated heterocycles. The number of primary amides is 1. The van der Waals surface area contributed by atoms with Crippen LogP contribution in [-0.2, 0) is 21.6 Å². The number of ether oxygens (including phenoxy) is 2. The van der Waals surface area contributed by atoms with E-state index in [0.29, 0.717) is 27.6 Å². The van der Waals surface area contributed by atoms with E-state index in [2.05, 4.69) is 5.32 Å². The molecule has 10 nitrogen and oxygen atoms in total. The number of hydrogen-bond donors (Lipinski definition) is 2. The number of para-hydroxylation sites is 1. The Morgan fingerprint density at radius 1 is 1.10 bits per heavy atom. The Bertz CT molecular complexity index is 1500. The second kappa shape index (κ2) is 11.7. The molecular formula is C28H38N4O6S. The molecule has 212 valence electrons. The Morgan fingerprint density at radius 3 is 2.31 bits per heavy atom. The molecule has 0 saturated carbocycles. The average Bonchev–Trinajstić information content (AvgIpc) is 3.18. The highest BCUT2D eigenvalue weighted by molar-refractivity contribution is 7.20. The summed E-state index contributed by atoms with van der Waals surface area (Å²) in [7, 11) is 0. The third-order valence-corrected chi connectivity index (χ3v) is 7.65. The van der Waals surface area contributed by atoms with Crippen LogP contribution in [0.25, 0.3) is 10.2 Å². The lowest BCUT2D eigenvalue weighted by molar-refractivity contribution is -0.125. The van der Waals surface area contributed by atoms with E-state index in [1.54, 1.807) is 13.8 Å². The maximum Gasteiger partial charge on any atom is 0.333 e. The van der Waals surface area contributed by atoms with Gasteiger partial charge in [0.2, 0.25) is 5.91 Å². The molecule has 2 aromatic heterocycles. The quantitative estimate of drug-likeness (QED) is 0.370. The predicted octanol–water partition coefficient (Wildman–Crippen LogP) is 3.46. The summed E-state index contributed by atoms with van der Waals surface area (Å²) >= 11 is 1.06. The second-order valence-electron chi connectivity index (χ2n) is 10.4. The van der Waals surface area contributed by atoms with Gasteiger partial charge in [-0.15, -0.1) is 11.3 Å². The highest BCUT2D eigenvalue weighted by Gasteiger charge is 2.35. The Morgan fingerprint density at radius 2 is 1.74 bits per heavy atom. The van der Waals surface area contributed by atoms with Crippen molar-refractivity contribution in [2.45, 2.75) is 85.8 Å². The van der Waals surface area contributed by atoms with Crippen molar-refractivity contribution in [3.8, 4) is 5.75 Å². The first-order chi connectivity index (χ1) is 18.2. The van der Waals surface area contributed by atoms with Gasteiger partial charge in [-0.2, -0.15) is 0 Å². The molecule has 3 aromatic rings. The minimum atomic E-state index is -1.63. The average molecular weight is 559 g/mol. The van der Waals surface area contributed by atoms with E-state index >= 15 is 0 Å². The Hall–Kier alpha value is -3.44. The van der Waals surface area contributed by atoms with E-state index in [-0.39, 0.29) is 30.0 Å². The van der Waals surface area contributed by atoms with E-state index in [9.17, 15) is 19.2 Å². The van der Waals surface area contributed by atoms with Crippen molar-refractivity contribution in [2.75, 3.05) is 6.54 Å². The van der Waals surface area contributed by atoms with Crippen LogP contribution in [0.15, 0.2) is 33.9 Å². The van der Waals surface area contributed by atoms with Crippen LogP contribution < -0.4 is 27.0 Å². The number of amides is 2. The first-order valence-corrected chi connectivity index (χ1v) is 13.8. The normalized spacial score (nSPS) is 12.8. The third-order valence-electron chi connectivity index (χ3n) is 6.33. The first kappa shape index (κ1) is 30.1. The number of fused-ring (bicyclic) bond motifs is 1. The van der Waals surface area contributed by atoms with Gasteiger partial charge in [0.05, 0.1) is 29.0 Å². The van der Waals surface area contributed by atoms with Crippen LogP contribution in [-0.4, -0.2) is 39.7 Å². The number of aromatic nitrogens is 2. The maximum atomic E-state index is 14.0. The summed E-state index contributed by atoms with van der Waals surface area (Å²) in [5.74, 6) is -0.574. The number of carbonyl (C=O) groups is 2. The summed E-state index contributed by atoms with van der Waals surface area (Å²) in [6.45, 7) is 14.3.